The summed E-state index contributed by atoms with van der Waals surface area (Å²) in [5, 5.41) is 10.1. The van der Waals surface area contributed by atoms with Crippen molar-refractivity contribution in [3.63, 3.8) is 0 Å². The van der Waals surface area contributed by atoms with Crippen molar-refractivity contribution in [3.05, 3.63) is 75.4 Å². The molecule has 0 saturated carbocycles. The van der Waals surface area contributed by atoms with E-state index in [9.17, 15) is 14.7 Å². The molecule has 1 aliphatic heterocycles. The Balaban J connectivity index is 1.65. The van der Waals surface area contributed by atoms with Crippen LogP contribution >= 0.6 is 11.6 Å². The molecule has 1 saturated heterocycles. The van der Waals surface area contributed by atoms with Crippen molar-refractivity contribution in [1.82, 2.24) is 14.9 Å². The normalized spacial score (nSPS) is 15.0. The SMILES string of the molecule is CC(C)(C)c1cc(-c2cc(-c3ccc(C(=O)N4CCC(O)CC4)cc3Cl)c[nH]c2=O)ccn1. The fourth-order valence-electron chi connectivity index (χ4n) is 4.00. The highest BCUT2D eigenvalue weighted by Crippen LogP contribution is 2.31. The van der Waals surface area contributed by atoms with E-state index in [1.165, 1.54) is 0 Å². The number of hydrogen-bond donors (Lipinski definition) is 2. The van der Waals surface area contributed by atoms with E-state index in [0.717, 1.165) is 22.4 Å². The average molecular weight is 466 g/mol. The van der Waals surface area contributed by atoms with Crippen LogP contribution in [0.3, 0.4) is 0 Å². The van der Waals surface area contributed by atoms with Crippen LogP contribution in [-0.2, 0) is 5.41 Å². The molecule has 172 valence electrons. The number of aromatic amines is 1. The maximum Gasteiger partial charge on any atom is 0.255 e. The van der Waals surface area contributed by atoms with Crippen molar-refractivity contribution in [2.24, 2.45) is 0 Å². The molecule has 0 radical (unpaired) electrons. The number of nitrogens with zero attached hydrogens (tertiary/aromatic N) is 2. The van der Waals surface area contributed by atoms with Gasteiger partial charge in [-0.25, -0.2) is 0 Å². The van der Waals surface area contributed by atoms with Gasteiger partial charge in [0.1, 0.15) is 0 Å². The lowest BCUT2D eigenvalue weighted by molar-refractivity contribution is 0.0546. The van der Waals surface area contributed by atoms with Gasteiger partial charge in [-0.2, -0.15) is 0 Å². The van der Waals surface area contributed by atoms with Gasteiger partial charge >= 0.3 is 0 Å². The van der Waals surface area contributed by atoms with Gasteiger partial charge in [0.25, 0.3) is 11.5 Å². The van der Waals surface area contributed by atoms with E-state index >= 15 is 0 Å². The predicted molar refractivity (Wildman–Crippen MR) is 131 cm³/mol. The Morgan fingerprint density at radius 1 is 1.09 bits per heavy atom. The highest BCUT2D eigenvalue weighted by Gasteiger charge is 2.23. The zero-order valence-corrected chi connectivity index (χ0v) is 19.8. The van der Waals surface area contributed by atoms with Gasteiger partial charge in [-0.05, 0) is 48.7 Å². The molecule has 1 aliphatic rings. The summed E-state index contributed by atoms with van der Waals surface area (Å²) >= 11 is 6.58. The van der Waals surface area contributed by atoms with Crippen LogP contribution in [0.25, 0.3) is 22.3 Å². The summed E-state index contributed by atoms with van der Waals surface area (Å²) in [6.45, 7) is 7.30. The number of carbonyl (C=O) groups excluding carboxylic acids is 1. The first-order valence-electron chi connectivity index (χ1n) is 11.1. The Bertz CT molecular complexity index is 1240. The van der Waals surface area contributed by atoms with Crippen LogP contribution < -0.4 is 5.56 Å². The number of carbonyl (C=O) groups is 1. The number of pyridine rings is 2. The molecule has 6 nitrogen and oxygen atoms in total. The number of likely N-dealkylation sites (tertiary alicyclic amines) is 1. The van der Waals surface area contributed by atoms with Crippen LogP contribution in [0.5, 0.6) is 0 Å². The molecule has 1 amide bonds. The minimum atomic E-state index is -0.339. The fourth-order valence-corrected chi connectivity index (χ4v) is 4.29. The van der Waals surface area contributed by atoms with Crippen LogP contribution in [0.2, 0.25) is 5.02 Å². The van der Waals surface area contributed by atoms with Crippen molar-refractivity contribution in [2.45, 2.75) is 45.1 Å². The summed E-state index contributed by atoms with van der Waals surface area (Å²) in [7, 11) is 0. The van der Waals surface area contributed by atoms with Gasteiger partial charge in [-0.1, -0.05) is 38.4 Å². The molecule has 4 rings (SSSR count). The van der Waals surface area contributed by atoms with E-state index in [4.69, 9.17) is 11.6 Å². The quantitative estimate of drug-likeness (QED) is 0.589. The second-order valence-electron chi connectivity index (χ2n) is 9.53. The molecular weight excluding hydrogens is 438 g/mol. The first kappa shape index (κ1) is 23.2. The highest BCUT2D eigenvalue weighted by atomic mass is 35.5. The van der Waals surface area contributed by atoms with Crippen molar-refractivity contribution < 1.29 is 9.90 Å². The summed E-state index contributed by atoms with van der Waals surface area (Å²) in [5.41, 5.74) is 3.87. The van der Waals surface area contributed by atoms with E-state index in [2.05, 4.69) is 30.7 Å². The van der Waals surface area contributed by atoms with Crippen molar-refractivity contribution in [1.29, 1.82) is 0 Å². The van der Waals surface area contributed by atoms with Crippen molar-refractivity contribution in [3.8, 4) is 22.3 Å². The van der Waals surface area contributed by atoms with Gasteiger partial charge in [0, 0.05) is 63.9 Å². The van der Waals surface area contributed by atoms with Gasteiger partial charge < -0.3 is 15.0 Å². The molecule has 0 atom stereocenters. The minimum absolute atomic E-state index is 0.0935. The number of nitrogens with one attached hydrogen (secondary N) is 1. The summed E-state index contributed by atoms with van der Waals surface area (Å²) in [6.07, 6.45) is 4.18. The number of benzene rings is 1. The lowest BCUT2D eigenvalue weighted by atomic mass is 9.90. The molecular formula is C26H28ClN3O3. The van der Waals surface area contributed by atoms with Crippen molar-refractivity contribution >= 4 is 17.5 Å². The average Bonchev–Trinajstić information content (AvgIpc) is 2.79. The monoisotopic (exact) mass is 465 g/mol. The molecule has 33 heavy (non-hydrogen) atoms. The summed E-state index contributed by atoms with van der Waals surface area (Å²) in [6, 6.07) is 10.8. The molecule has 2 N–H and O–H groups in total. The van der Waals surface area contributed by atoms with E-state index in [1.807, 2.05) is 18.2 Å². The Morgan fingerprint density at radius 2 is 1.82 bits per heavy atom. The van der Waals surface area contributed by atoms with Gasteiger partial charge in [-0.3, -0.25) is 14.6 Å². The second kappa shape index (κ2) is 9.12. The maximum absolute atomic E-state index is 12.8. The lowest BCUT2D eigenvalue weighted by Gasteiger charge is -2.29. The van der Waals surface area contributed by atoms with E-state index in [1.54, 1.807) is 35.5 Å². The first-order chi connectivity index (χ1) is 15.6. The lowest BCUT2D eigenvalue weighted by Crippen LogP contribution is -2.40. The van der Waals surface area contributed by atoms with Crippen LogP contribution in [0.15, 0.2) is 53.6 Å². The number of aromatic nitrogens is 2. The Kier molecular flexibility index (Phi) is 6.41. The maximum atomic E-state index is 12.8. The molecule has 3 aromatic rings. The van der Waals surface area contributed by atoms with Gasteiger partial charge in [0.15, 0.2) is 0 Å². The van der Waals surface area contributed by atoms with Crippen LogP contribution in [0, 0.1) is 0 Å². The number of aliphatic hydroxyl groups excluding tert-OH is 1. The number of rotatable bonds is 3. The zero-order valence-electron chi connectivity index (χ0n) is 19.1. The van der Waals surface area contributed by atoms with Crippen LogP contribution in [0.4, 0.5) is 0 Å². The Morgan fingerprint density at radius 3 is 2.48 bits per heavy atom. The molecule has 0 spiro atoms. The summed E-state index contributed by atoms with van der Waals surface area (Å²) in [5.74, 6) is -0.0935. The molecule has 3 heterocycles. The number of amides is 1. The molecule has 1 fully saturated rings. The number of aliphatic hydroxyl groups is 1. The number of hydrogen-bond acceptors (Lipinski definition) is 4. The third kappa shape index (κ3) is 5.02. The predicted octanol–water partition coefficient (Wildman–Crippen LogP) is 4.65. The first-order valence-corrected chi connectivity index (χ1v) is 11.5. The highest BCUT2D eigenvalue weighted by molar-refractivity contribution is 6.33. The van der Waals surface area contributed by atoms with E-state index in [-0.39, 0.29) is 23.0 Å². The standard InChI is InChI=1S/C26H28ClN3O3/c1-26(2,3)23-14-16(6-9-28-23)21-12-18(15-29-24(21)32)20-5-4-17(13-22(20)27)25(33)30-10-7-19(31)8-11-30/h4-6,9,12-15,19,31H,7-8,10-11H2,1-3H3,(H,29,32). The van der Waals surface area contributed by atoms with Crippen LogP contribution in [-0.4, -0.2) is 45.1 Å². The van der Waals surface area contributed by atoms with Crippen molar-refractivity contribution in [2.75, 3.05) is 13.1 Å². The molecule has 7 heteroatoms. The molecule has 0 unspecified atom stereocenters. The topological polar surface area (TPSA) is 86.3 Å². The number of H-pyrrole nitrogens is 1. The smallest absolute Gasteiger partial charge is 0.255 e. The van der Waals surface area contributed by atoms with Crippen LogP contribution in [0.1, 0.15) is 49.7 Å². The summed E-state index contributed by atoms with van der Waals surface area (Å²) in [4.78, 5) is 34.4. The van der Waals surface area contributed by atoms with E-state index < -0.39 is 0 Å². The molecule has 1 aromatic carbocycles. The molecule has 0 aliphatic carbocycles. The Labute approximate surface area is 198 Å². The molecule has 0 bridgehead atoms. The van der Waals surface area contributed by atoms with Gasteiger partial charge in [0.05, 0.1) is 6.10 Å². The number of halogens is 1. The number of piperidine rings is 1. The molecule has 2 aromatic heterocycles. The third-order valence-corrected chi connectivity index (χ3v) is 6.33. The van der Waals surface area contributed by atoms with Gasteiger partial charge in [-0.15, -0.1) is 0 Å². The van der Waals surface area contributed by atoms with Gasteiger partial charge in [0.2, 0.25) is 0 Å². The fraction of sp³-hybridized carbons (Fsp3) is 0.346. The third-order valence-electron chi connectivity index (χ3n) is 6.02. The zero-order chi connectivity index (χ0) is 23.8. The minimum Gasteiger partial charge on any atom is -0.393 e. The second-order valence-corrected chi connectivity index (χ2v) is 9.94. The Hall–Kier alpha value is -2.96. The van der Waals surface area contributed by atoms with E-state index in [0.29, 0.717) is 42.1 Å². The summed E-state index contributed by atoms with van der Waals surface area (Å²) < 4.78 is 0. The largest absolute Gasteiger partial charge is 0.393 e.